The van der Waals surface area contributed by atoms with Gasteiger partial charge in [0.25, 0.3) is 5.56 Å². The number of aromatic amines is 1. The van der Waals surface area contributed by atoms with Gasteiger partial charge in [-0.1, -0.05) is 13.3 Å². The molecule has 0 amide bonds. The van der Waals surface area contributed by atoms with E-state index in [1.54, 1.807) is 7.05 Å². The van der Waals surface area contributed by atoms with E-state index in [-0.39, 0.29) is 29.3 Å². The number of H-pyrrole nitrogens is 1. The molecule has 14 heteroatoms. The van der Waals surface area contributed by atoms with Gasteiger partial charge in [0, 0.05) is 19.7 Å². The molecule has 3 N–H and O–H groups in total. The number of ether oxygens (including phenoxy) is 1. The molecule has 2 heterocycles. The number of unbranched alkanes of at least 4 members (excludes halogenated alkanes) is 1. The Balaban J connectivity index is 2.01. The Hall–Kier alpha value is -3.52. The first-order valence-electron chi connectivity index (χ1n) is 9.17. The SMILES string of the molecule is CCCCn1c(=O)[nH]c(=O)c2c1nc(COc1ccc(S(N)(=O)=O)cc1[N+](=O)[O-])n2C. The van der Waals surface area contributed by atoms with Crippen LogP contribution >= 0.6 is 0 Å². The van der Waals surface area contributed by atoms with E-state index in [2.05, 4.69) is 9.97 Å². The average molecular weight is 452 g/mol. The zero-order valence-corrected chi connectivity index (χ0v) is 17.5. The Bertz CT molecular complexity index is 1390. The summed E-state index contributed by atoms with van der Waals surface area (Å²) in [6, 6.07) is 3.00. The summed E-state index contributed by atoms with van der Waals surface area (Å²) in [5, 5.41) is 16.3. The van der Waals surface area contributed by atoms with Gasteiger partial charge in [0.15, 0.2) is 16.9 Å². The third-order valence-electron chi connectivity index (χ3n) is 4.65. The maximum absolute atomic E-state index is 12.3. The topological polar surface area (TPSA) is 185 Å². The maximum Gasteiger partial charge on any atom is 0.330 e. The Labute approximate surface area is 175 Å². The third-order valence-corrected chi connectivity index (χ3v) is 5.56. The van der Waals surface area contributed by atoms with E-state index in [1.165, 1.54) is 9.13 Å². The Morgan fingerprint density at radius 3 is 2.65 bits per heavy atom. The molecule has 0 bridgehead atoms. The normalized spacial score (nSPS) is 11.7. The number of imidazole rings is 1. The highest BCUT2D eigenvalue weighted by molar-refractivity contribution is 7.89. The smallest absolute Gasteiger partial charge is 0.330 e. The fraction of sp³-hybridized carbons (Fsp3) is 0.353. The molecule has 0 saturated carbocycles. The predicted octanol–water partition coefficient (Wildman–Crippen LogP) is 0.358. The summed E-state index contributed by atoms with van der Waals surface area (Å²) in [7, 11) is -2.58. The number of hydrogen-bond acceptors (Lipinski definition) is 8. The number of nitro benzene ring substituents is 1. The van der Waals surface area contributed by atoms with Gasteiger partial charge in [-0.3, -0.25) is 24.5 Å². The number of nitrogens with one attached hydrogen (secondary N) is 1. The van der Waals surface area contributed by atoms with Gasteiger partial charge in [-0.2, -0.15) is 0 Å². The van der Waals surface area contributed by atoms with E-state index in [1.807, 2.05) is 6.92 Å². The summed E-state index contributed by atoms with van der Waals surface area (Å²) in [5.41, 5.74) is -1.44. The van der Waals surface area contributed by atoms with Gasteiger partial charge < -0.3 is 9.30 Å². The summed E-state index contributed by atoms with van der Waals surface area (Å²) < 4.78 is 31.2. The second-order valence-corrected chi connectivity index (χ2v) is 8.31. The van der Waals surface area contributed by atoms with Gasteiger partial charge >= 0.3 is 11.4 Å². The van der Waals surface area contributed by atoms with E-state index in [0.717, 1.165) is 24.6 Å². The van der Waals surface area contributed by atoms with Crippen LogP contribution in [0, 0.1) is 10.1 Å². The number of rotatable bonds is 8. The standard InChI is InChI=1S/C17H20N6O7S/c1-3-4-7-22-15-14(16(24)20-17(22)25)21(2)13(19-15)9-30-12-6-5-10(31(18,28)29)8-11(12)23(26)27/h5-6,8H,3-4,7,9H2,1-2H3,(H2,18,28,29)(H,20,24,25). The minimum atomic E-state index is -4.14. The number of aryl methyl sites for hydroxylation is 2. The van der Waals surface area contributed by atoms with Gasteiger partial charge in [-0.05, 0) is 18.6 Å². The van der Waals surface area contributed by atoms with Crippen LogP contribution in [0.1, 0.15) is 25.6 Å². The highest BCUT2D eigenvalue weighted by atomic mass is 32.2. The average Bonchev–Trinajstić information content (AvgIpc) is 3.02. The fourth-order valence-corrected chi connectivity index (χ4v) is 3.56. The number of benzene rings is 1. The largest absolute Gasteiger partial charge is 0.479 e. The monoisotopic (exact) mass is 452 g/mol. The first kappa shape index (κ1) is 22.2. The van der Waals surface area contributed by atoms with E-state index in [4.69, 9.17) is 9.88 Å². The molecule has 3 rings (SSSR count). The van der Waals surface area contributed by atoms with Crippen molar-refractivity contribution in [3.63, 3.8) is 0 Å². The van der Waals surface area contributed by atoms with Gasteiger partial charge in [0.1, 0.15) is 12.4 Å². The molecular formula is C17H20N6O7S. The highest BCUT2D eigenvalue weighted by Gasteiger charge is 2.22. The first-order chi connectivity index (χ1) is 14.5. The molecule has 31 heavy (non-hydrogen) atoms. The van der Waals surface area contributed by atoms with Crippen LogP contribution in [-0.2, 0) is 30.2 Å². The zero-order chi connectivity index (χ0) is 22.9. The van der Waals surface area contributed by atoms with E-state index < -0.39 is 36.8 Å². The van der Waals surface area contributed by atoms with Crippen LogP contribution in [0.2, 0.25) is 0 Å². The molecule has 0 saturated heterocycles. The summed E-state index contributed by atoms with van der Waals surface area (Å²) in [4.78, 5) is 41.2. The van der Waals surface area contributed by atoms with Crippen molar-refractivity contribution in [1.29, 1.82) is 0 Å². The summed E-state index contributed by atoms with van der Waals surface area (Å²) >= 11 is 0. The molecule has 0 radical (unpaired) electrons. The minimum absolute atomic E-state index is 0.161. The van der Waals surface area contributed by atoms with Crippen molar-refractivity contribution in [2.45, 2.75) is 37.8 Å². The number of aromatic nitrogens is 4. The van der Waals surface area contributed by atoms with Crippen molar-refractivity contribution >= 4 is 26.9 Å². The Morgan fingerprint density at radius 1 is 1.32 bits per heavy atom. The molecule has 0 aliphatic carbocycles. The highest BCUT2D eigenvalue weighted by Crippen LogP contribution is 2.30. The molecule has 1 aromatic carbocycles. The summed E-state index contributed by atoms with van der Waals surface area (Å²) in [6.45, 7) is 2.04. The van der Waals surface area contributed by atoms with Crippen molar-refractivity contribution < 1.29 is 18.1 Å². The Morgan fingerprint density at radius 2 is 2.03 bits per heavy atom. The Kier molecular flexibility index (Phi) is 5.94. The molecule has 0 spiro atoms. The lowest BCUT2D eigenvalue weighted by molar-refractivity contribution is -0.386. The molecule has 0 aliphatic heterocycles. The lowest BCUT2D eigenvalue weighted by atomic mass is 10.3. The first-order valence-corrected chi connectivity index (χ1v) is 10.7. The van der Waals surface area contributed by atoms with Gasteiger partial charge in [-0.15, -0.1) is 0 Å². The molecule has 0 fully saturated rings. The number of primary sulfonamides is 1. The van der Waals surface area contributed by atoms with Crippen LogP contribution in [-0.4, -0.2) is 32.4 Å². The quantitative estimate of drug-likeness (QED) is 0.362. The summed E-state index contributed by atoms with van der Waals surface area (Å²) in [5.74, 6) is 0.0305. The predicted molar refractivity (Wildman–Crippen MR) is 109 cm³/mol. The lowest BCUT2D eigenvalue weighted by Crippen LogP contribution is -2.31. The van der Waals surface area contributed by atoms with Gasteiger partial charge in [0.2, 0.25) is 10.0 Å². The second kappa shape index (κ2) is 8.31. The lowest BCUT2D eigenvalue weighted by Gasteiger charge is -2.08. The fourth-order valence-electron chi connectivity index (χ4n) is 3.03. The zero-order valence-electron chi connectivity index (χ0n) is 16.7. The van der Waals surface area contributed by atoms with E-state index in [0.29, 0.717) is 13.0 Å². The molecule has 2 aromatic heterocycles. The van der Waals surface area contributed by atoms with Crippen molar-refractivity contribution in [1.82, 2.24) is 19.1 Å². The second-order valence-electron chi connectivity index (χ2n) is 6.74. The third kappa shape index (κ3) is 4.34. The molecule has 0 unspecified atom stereocenters. The number of hydrogen-bond donors (Lipinski definition) is 2. The number of nitrogens with zero attached hydrogens (tertiary/aromatic N) is 4. The van der Waals surface area contributed by atoms with Crippen LogP contribution in [0.5, 0.6) is 5.75 Å². The molecule has 166 valence electrons. The molecule has 0 aliphatic rings. The van der Waals surface area contributed by atoms with Crippen molar-refractivity contribution in [3.8, 4) is 5.75 Å². The summed E-state index contributed by atoms with van der Waals surface area (Å²) in [6.07, 6.45) is 1.53. The van der Waals surface area contributed by atoms with Crippen LogP contribution in [0.4, 0.5) is 5.69 Å². The number of sulfonamides is 1. The minimum Gasteiger partial charge on any atom is -0.479 e. The van der Waals surface area contributed by atoms with Crippen molar-refractivity contribution in [2.24, 2.45) is 12.2 Å². The van der Waals surface area contributed by atoms with Gasteiger partial charge in [-0.25, -0.2) is 23.3 Å². The van der Waals surface area contributed by atoms with Crippen LogP contribution < -0.4 is 21.1 Å². The molecular weight excluding hydrogens is 432 g/mol. The number of fused-ring (bicyclic) bond motifs is 1. The van der Waals surface area contributed by atoms with Crippen molar-refractivity contribution in [3.05, 3.63) is 55.0 Å². The maximum atomic E-state index is 12.3. The van der Waals surface area contributed by atoms with Crippen molar-refractivity contribution in [2.75, 3.05) is 0 Å². The van der Waals surface area contributed by atoms with Gasteiger partial charge in [0.05, 0.1) is 9.82 Å². The number of nitrogens with two attached hydrogens (primary N) is 1. The van der Waals surface area contributed by atoms with Crippen LogP contribution in [0.3, 0.4) is 0 Å². The number of nitro groups is 1. The molecule has 3 aromatic rings. The van der Waals surface area contributed by atoms with Crippen LogP contribution in [0.25, 0.3) is 11.2 Å². The van der Waals surface area contributed by atoms with Crippen LogP contribution in [0.15, 0.2) is 32.7 Å². The van der Waals surface area contributed by atoms with E-state index >= 15 is 0 Å². The molecule has 13 nitrogen and oxygen atoms in total. The molecule has 0 atom stereocenters. The van der Waals surface area contributed by atoms with E-state index in [9.17, 15) is 28.1 Å².